The van der Waals surface area contributed by atoms with Gasteiger partial charge in [-0.05, 0) is 0 Å². The highest BCUT2D eigenvalue weighted by molar-refractivity contribution is 7.45. The predicted molar refractivity (Wildman–Crippen MR) is 44.2 cm³/mol. The molecule has 0 bridgehead atoms. The maximum atomic E-state index is 8.88. The van der Waals surface area contributed by atoms with Crippen LogP contribution in [0.15, 0.2) is 0 Å². The van der Waals surface area contributed by atoms with E-state index in [1.54, 1.807) is 0 Å². The van der Waals surface area contributed by atoms with Crippen molar-refractivity contribution in [3.8, 4) is 0 Å². The van der Waals surface area contributed by atoms with Crippen LogP contribution in [0.2, 0.25) is 0 Å². The van der Waals surface area contributed by atoms with Crippen molar-refractivity contribution < 1.29 is 28.8 Å². The van der Waals surface area contributed by atoms with Crippen molar-refractivity contribution in [1.82, 2.24) is 0 Å². The molecule has 0 amide bonds. The first-order valence-electron chi connectivity index (χ1n) is 3.26. The summed E-state index contributed by atoms with van der Waals surface area (Å²) in [6.07, 6.45) is 0. The van der Waals surface area contributed by atoms with Crippen LogP contribution in [0.5, 0.6) is 0 Å². The molecule has 4 N–H and O–H groups in total. The Morgan fingerprint density at radius 1 is 1.17 bits per heavy atom. The number of nitrogens with zero attached hydrogens (tertiary/aromatic N) is 1. The molecule has 0 aromatic carbocycles. The fourth-order valence-corrected chi connectivity index (χ4v) is 0.300. The lowest BCUT2D eigenvalue weighted by atomic mass is 10.5. The van der Waals surface area contributed by atoms with Gasteiger partial charge in [0.05, 0.1) is 27.7 Å². The minimum Gasteiger partial charge on any atom is -0.391 e. The van der Waals surface area contributed by atoms with E-state index in [0.717, 1.165) is 11.0 Å². The highest BCUT2D eigenvalue weighted by Gasteiger charge is 2.02. The number of hydrogen-bond acceptors (Lipinski definition) is 2. The third-order valence-corrected chi connectivity index (χ3v) is 0.771. The van der Waals surface area contributed by atoms with Gasteiger partial charge in [0.15, 0.2) is 0 Å². The van der Waals surface area contributed by atoms with Crippen molar-refractivity contribution in [2.45, 2.75) is 0 Å². The molecule has 0 aliphatic rings. The van der Waals surface area contributed by atoms with E-state index in [4.69, 9.17) is 24.4 Å². The van der Waals surface area contributed by atoms with Crippen molar-refractivity contribution in [2.24, 2.45) is 0 Å². The average Bonchev–Trinajstić information content (AvgIpc) is 1.54. The van der Waals surface area contributed by atoms with Gasteiger partial charge in [-0.15, -0.1) is 0 Å². The molecule has 0 rings (SSSR count). The maximum Gasteiger partial charge on any atom is 0.466 e. The van der Waals surface area contributed by atoms with Crippen LogP contribution in [-0.4, -0.2) is 58.6 Å². The smallest absolute Gasteiger partial charge is 0.391 e. The van der Waals surface area contributed by atoms with E-state index in [0.29, 0.717) is 0 Å². The second-order valence-electron chi connectivity index (χ2n) is 3.25. The van der Waals surface area contributed by atoms with Crippen LogP contribution in [0.3, 0.4) is 0 Å². The summed E-state index contributed by atoms with van der Waals surface area (Å²) in [5, 5.41) is 8.39. The minimum atomic E-state index is -4.64. The van der Waals surface area contributed by atoms with Crippen molar-refractivity contribution >= 4 is 7.82 Å². The molecule has 76 valence electrons. The molecule has 0 aromatic rings. The highest BCUT2D eigenvalue weighted by Crippen LogP contribution is 2.25. The first-order valence-corrected chi connectivity index (χ1v) is 4.82. The number of likely N-dealkylation sites (N-methyl/N-ethyl adjacent to an activating group) is 1. The van der Waals surface area contributed by atoms with Crippen LogP contribution in [0.4, 0.5) is 0 Å². The summed E-state index contributed by atoms with van der Waals surface area (Å²) >= 11 is 0. The first kappa shape index (κ1) is 14.5. The van der Waals surface area contributed by atoms with Crippen LogP contribution >= 0.6 is 7.82 Å². The van der Waals surface area contributed by atoms with Gasteiger partial charge in [-0.2, -0.15) is 0 Å². The lowest BCUT2D eigenvalue weighted by molar-refractivity contribution is -0.870. The third kappa shape index (κ3) is 50.4. The molecule has 0 heterocycles. The Labute approximate surface area is 71.9 Å². The van der Waals surface area contributed by atoms with Gasteiger partial charge in [0.25, 0.3) is 0 Å². The van der Waals surface area contributed by atoms with E-state index in [1.807, 2.05) is 0 Å². The van der Waals surface area contributed by atoms with Gasteiger partial charge in [-0.25, -0.2) is 4.57 Å². The molecular formula is C5H17NO5P+. The van der Waals surface area contributed by atoms with Crippen LogP contribution in [0.25, 0.3) is 0 Å². The van der Waals surface area contributed by atoms with Gasteiger partial charge >= 0.3 is 7.82 Å². The van der Waals surface area contributed by atoms with E-state index in [2.05, 4.69) is 21.1 Å². The van der Waals surface area contributed by atoms with E-state index in [9.17, 15) is 0 Å². The summed E-state index contributed by atoms with van der Waals surface area (Å²) in [7, 11) is 1.52. The number of aliphatic hydroxyl groups is 1. The lowest BCUT2D eigenvalue weighted by Gasteiger charge is -2.21. The molecule has 0 fully saturated rings. The van der Waals surface area contributed by atoms with Gasteiger partial charge < -0.3 is 24.3 Å². The zero-order chi connectivity index (χ0) is 10.4. The molecule has 0 radical (unpaired) electrons. The van der Waals surface area contributed by atoms with Crippen LogP contribution in [0, 0.1) is 0 Å². The van der Waals surface area contributed by atoms with Crippen LogP contribution in [-0.2, 0) is 4.57 Å². The van der Waals surface area contributed by atoms with Gasteiger partial charge in [-0.1, -0.05) is 0 Å². The van der Waals surface area contributed by atoms with Crippen molar-refractivity contribution in [3.63, 3.8) is 0 Å². The Morgan fingerprint density at radius 2 is 1.42 bits per heavy atom. The SMILES string of the molecule is C[N+](C)(C)CCO.O=P(O)(O)O. The van der Waals surface area contributed by atoms with E-state index in [-0.39, 0.29) is 6.61 Å². The second kappa shape index (κ2) is 5.64. The number of aliphatic hydroxyl groups excluding tert-OH is 1. The Balaban J connectivity index is 0. The summed E-state index contributed by atoms with van der Waals surface area (Å²) in [5.41, 5.74) is 0. The largest absolute Gasteiger partial charge is 0.466 e. The van der Waals surface area contributed by atoms with Crippen LogP contribution < -0.4 is 0 Å². The number of quaternary nitrogens is 1. The Morgan fingerprint density at radius 3 is 1.42 bits per heavy atom. The second-order valence-corrected chi connectivity index (χ2v) is 4.28. The minimum absolute atomic E-state index is 0.281. The maximum absolute atomic E-state index is 8.88. The molecule has 6 nitrogen and oxygen atoms in total. The summed E-state index contributed by atoms with van der Waals surface area (Å²) < 4.78 is 9.73. The van der Waals surface area contributed by atoms with Crippen molar-refractivity contribution in [3.05, 3.63) is 0 Å². The third-order valence-electron chi connectivity index (χ3n) is 0.771. The summed E-state index contributed by atoms with van der Waals surface area (Å²) in [6, 6.07) is 0. The monoisotopic (exact) mass is 202 g/mol. The van der Waals surface area contributed by atoms with Gasteiger partial charge in [0, 0.05) is 0 Å². The zero-order valence-corrected chi connectivity index (χ0v) is 8.40. The lowest BCUT2D eigenvalue weighted by Crippen LogP contribution is -2.36. The summed E-state index contributed by atoms with van der Waals surface area (Å²) in [4.78, 5) is 21.6. The fourth-order valence-electron chi connectivity index (χ4n) is 0.300. The van der Waals surface area contributed by atoms with E-state index in [1.165, 1.54) is 0 Å². The predicted octanol–water partition coefficient (Wildman–Crippen LogP) is -1.24. The fraction of sp³-hybridized carbons (Fsp3) is 1.00. The number of rotatable bonds is 2. The molecule has 7 heteroatoms. The Bertz CT molecular complexity index is 140. The summed E-state index contributed by atoms with van der Waals surface area (Å²) in [5.74, 6) is 0. The van der Waals surface area contributed by atoms with E-state index < -0.39 is 7.82 Å². The molecule has 0 saturated heterocycles. The number of hydrogen-bond donors (Lipinski definition) is 4. The standard InChI is InChI=1S/C5H14NO.H3O4P/c1-6(2,3)4-5-7;1-5(2,3)4/h7H,4-5H2,1-3H3;(H3,1,2,3,4)/q+1;. The molecule has 0 aliphatic carbocycles. The average molecular weight is 202 g/mol. The van der Waals surface area contributed by atoms with Gasteiger partial charge in [-0.3, -0.25) is 0 Å². The molecule has 0 atom stereocenters. The highest BCUT2D eigenvalue weighted by atomic mass is 31.2. The molecule has 0 aromatic heterocycles. The van der Waals surface area contributed by atoms with Crippen molar-refractivity contribution in [2.75, 3.05) is 34.3 Å². The molecule has 0 saturated carbocycles. The first-order chi connectivity index (χ1) is 5.06. The van der Waals surface area contributed by atoms with E-state index >= 15 is 0 Å². The normalized spacial score (nSPS) is 11.9. The zero-order valence-electron chi connectivity index (χ0n) is 7.51. The molecule has 0 aliphatic heterocycles. The molecular weight excluding hydrogens is 185 g/mol. The van der Waals surface area contributed by atoms with Crippen molar-refractivity contribution in [1.29, 1.82) is 0 Å². The summed E-state index contributed by atoms with van der Waals surface area (Å²) in [6.45, 7) is 1.11. The Kier molecular flexibility index (Phi) is 6.83. The van der Waals surface area contributed by atoms with Gasteiger partial charge in [0.1, 0.15) is 6.54 Å². The topological polar surface area (TPSA) is 98.0 Å². The van der Waals surface area contributed by atoms with Gasteiger partial charge in [0.2, 0.25) is 0 Å². The molecule has 0 unspecified atom stereocenters. The van der Waals surface area contributed by atoms with Crippen LogP contribution in [0.1, 0.15) is 0 Å². The Hall–Kier alpha value is 0.0300. The quantitative estimate of drug-likeness (QED) is 0.331. The molecule has 0 spiro atoms. The molecule has 12 heavy (non-hydrogen) atoms. The number of phosphoric acid groups is 1.